The first kappa shape index (κ1) is 10.9. The van der Waals surface area contributed by atoms with Gasteiger partial charge in [-0.25, -0.2) is 0 Å². The number of hydrogen-bond donors (Lipinski definition) is 2. The molecule has 1 unspecified atom stereocenters. The van der Waals surface area contributed by atoms with E-state index in [0.717, 1.165) is 23.4 Å². The van der Waals surface area contributed by atoms with E-state index >= 15 is 0 Å². The Bertz CT molecular complexity index is 299. The number of likely N-dealkylation sites (N-methyl/N-ethyl adjacent to an activating group) is 1. The molecule has 0 radical (unpaired) electrons. The number of benzene rings is 1. The van der Waals surface area contributed by atoms with E-state index in [0.29, 0.717) is 6.04 Å². The Morgan fingerprint density at radius 1 is 1.50 bits per heavy atom. The maximum Gasteiger partial charge on any atom is 0.142 e. The van der Waals surface area contributed by atoms with Gasteiger partial charge in [0, 0.05) is 6.04 Å². The molecule has 0 bridgehead atoms. The van der Waals surface area contributed by atoms with Crippen LogP contribution < -0.4 is 15.8 Å². The second-order valence-electron chi connectivity index (χ2n) is 3.43. The van der Waals surface area contributed by atoms with Crippen molar-refractivity contribution in [2.45, 2.75) is 19.4 Å². The standard InChI is InChI=1S/C11H18N2O/c1-8(13-2)7-9-5-4-6-10(14-3)11(9)12/h4-6,8,13H,7,12H2,1-3H3. The third-order valence-corrected chi connectivity index (χ3v) is 2.40. The lowest BCUT2D eigenvalue weighted by Gasteiger charge is -2.13. The minimum Gasteiger partial charge on any atom is -0.495 e. The lowest BCUT2D eigenvalue weighted by atomic mass is 10.0. The first-order valence-corrected chi connectivity index (χ1v) is 4.77. The molecule has 0 aliphatic carbocycles. The molecule has 0 saturated heterocycles. The Labute approximate surface area is 85.3 Å². The predicted octanol–water partition coefficient (Wildman–Crippen LogP) is 1.43. The SMILES string of the molecule is CNC(C)Cc1cccc(OC)c1N. The van der Waals surface area contributed by atoms with Crippen LogP contribution in [0, 0.1) is 0 Å². The van der Waals surface area contributed by atoms with E-state index in [4.69, 9.17) is 10.5 Å². The van der Waals surface area contributed by atoms with Crippen LogP contribution in [-0.2, 0) is 6.42 Å². The van der Waals surface area contributed by atoms with Gasteiger partial charge in [0.2, 0.25) is 0 Å². The van der Waals surface area contributed by atoms with Gasteiger partial charge < -0.3 is 15.8 Å². The normalized spacial score (nSPS) is 12.5. The predicted molar refractivity (Wildman–Crippen MR) is 59.6 cm³/mol. The van der Waals surface area contributed by atoms with Crippen LogP contribution in [0.5, 0.6) is 5.75 Å². The number of nitrogens with one attached hydrogen (secondary N) is 1. The third kappa shape index (κ3) is 2.39. The zero-order valence-electron chi connectivity index (χ0n) is 9.00. The Hall–Kier alpha value is -1.22. The quantitative estimate of drug-likeness (QED) is 0.713. The summed E-state index contributed by atoms with van der Waals surface area (Å²) in [5.74, 6) is 0.755. The van der Waals surface area contributed by atoms with Crippen molar-refractivity contribution in [2.75, 3.05) is 19.9 Å². The molecule has 0 fully saturated rings. The second kappa shape index (κ2) is 4.86. The molecule has 78 valence electrons. The van der Waals surface area contributed by atoms with Gasteiger partial charge in [-0.2, -0.15) is 0 Å². The molecule has 1 aromatic carbocycles. The zero-order valence-corrected chi connectivity index (χ0v) is 9.00. The van der Waals surface area contributed by atoms with E-state index in [9.17, 15) is 0 Å². The van der Waals surface area contributed by atoms with Crippen LogP contribution in [0.3, 0.4) is 0 Å². The molecule has 3 nitrogen and oxygen atoms in total. The van der Waals surface area contributed by atoms with Gasteiger partial charge in [0.1, 0.15) is 5.75 Å². The fourth-order valence-electron chi connectivity index (χ4n) is 1.38. The summed E-state index contributed by atoms with van der Waals surface area (Å²) in [5, 5.41) is 3.18. The fraction of sp³-hybridized carbons (Fsp3) is 0.455. The minimum absolute atomic E-state index is 0.421. The molecule has 1 rings (SSSR count). The van der Waals surface area contributed by atoms with Crippen molar-refractivity contribution < 1.29 is 4.74 Å². The highest BCUT2D eigenvalue weighted by molar-refractivity contribution is 5.58. The van der Waals surface area contributed by atoms with E-state index in [1.54, 1.807) is 7.11 Å². The first-order valence-electron chi connectivity index (χ1n) is 4.77. The summed E-state index contributed by atoms with van der Waals surface area (Å²) in [6.07, 6.45) is 0.916. The lowest BCUT2D eigenvalue weighted by Crippen LogP contribution is -2.24. The number of methoxy groups -OCH3 is 1. The molecule has 3 N–H and O–H groups in total. The molecule has 0 heterocycles. The maximum atomic E-state index is 5.94. The molecule has 1 aromatic rings. The highest BCUT2D eigenvalue weighted by Crippen LogP contribution is 2.25. The lowest BCUT2D eigenvalue weighted by molar-refractivity contribution is 0.416. The first-order chi connectivity index (χ1) is 6.69. The van der Waals surface area contributed by atoms with Gasteiger partial charge in [-0.15, -0.1) is 0 Å². The van der Waals surface area contributed by atoms with Crippen LogP contribution in [0.25, 0.3) is 0 Å². The Kier molecular flexibility index (Phi) is 3.77. The summed E-state index contributed by atoms with van der Waals surface area (Å²) in [6.45, 7) is 2.12. The number of nitrogen functional groups attached to an aromatic ring is 1. The van der Waals surface area contributed by atoms with E-state index in [1.165, 1.54) is 0 Å². The highest BCUT2D eigenvalue weighted by atomic mass is 16.5. The maximum absolute atomic E-state index is 5.94. The summed E-state index contributed by atoms with van der Waals surface area (Å²) in [7, 11) is 3.58. The molecule has 14 heavy (non-hydrogen) atoms. The van der Waals surface area contributed by atoms with Crippen molar-refractivity contribution in [1.82, 2.24) is 5.32 Å². The summed E-state index contributed by atoms with van der Waals surface area (Å²) in [5.41, 5.74) is 7.82. The van der Waals surface area contributed by atoms with Crippen LogP contribution in [-0.4, -0.2) is 20.2 Å². The van der Waals surface area contributed by atoms with Crippen LogP contribution >= 0.6 is 0 Å². The van der Waals surface area contributed by atoms with Gasteiger partial charge in [0.05, 0.1) is 12.8 Å². The number of rotatable bonds is 4. The molecule has 1 atom stereocenters. The molecule has 0 aromatic heterocycles. The van der Waals surface area contributed by atoms with Crippen molar-refractivity contribution in [3.8, 4) is 5.75 Å². The topological polar surface area (TPSA) is 47.3 Å². The van der Waals surface area contributed by atoms with Gasteiger partial charge in [0.15, 0.2) is 0 Å². The monoisotopic (exact) mass is 194 g/mol. The van der Waals surface area contributed by atoms with Gasteiger partial charge >= 0.3 is 0 Å². The number of hydrogen-bond acceptors (Lipinski definition) is 3. The Morgan fingerprint density at radius 3 is 2.79 bits per heavy atom. The molecule has 0 aliphatic rings. The van der Waals surface area contributed by atoms with Crippen LogP contribution in [0.15, 0.2) is 18.2 Å². The summed E-state index contributed by atoms with van der Waals surface area (Å²) in [4.78, 5) is 0. The average molecular weight is 194 g/mol. The van der Waals surface area contributed by atoms with Gasteiger partial charge in [-0.05, 0) is 32.0 Å². The van der Waals surface area contributed by atoms with Crippen molar-refractivity contribution in [3.63, 3.8) is 0 Å². The largest absolute Gasteiger partial charge is 0.495 e. The Morgan fingerprint density at radius 2 is 2.21 bits per heavy atom. The number of ether oxygens (including phenoxy) is 1. The minimum atomic E-state index is 0.421. The van der Waals surface area contributed by atoms with Crippen LogP contribution in [0.1, 0.15) is 12.5 Å². The van der Waals surface area contributed by atoms with E-state index in [-0.39, 0.29) is 0 Å². The molecular formula is C11H18N2O. The molecule has 0 aliphatic heterocycles. The molecule has 0 spiro atoms. The van der Waals surface area contributed by atoms with E-state index in [1.807, 2.05) is 25.2 Å². The molecular weight excluding hydrogens is 176 g/mol. The average Bonchev–Trinajstić information content (AvgIpc) is 2.21. The second-order valence-corrected chi connectivity index (χ2v) is 3.43. The number of para-hydroxylation sites is 1. The zero-order chi connectivity index (χ0) is 10.6. The highest BCUT2D eigenvalue weighted by Gasteiger charge is 2.07. The van der Waals surface area contributed by atoms with Gasteiger partial charge in [-0.3, -0.25) is 0 Å². The van der Waals surface area contributed by atoms with Crippen molar-refractivity contribution >= 4 is 5.69 Å². The van der Waals surface area contributed by atoms with E-state index < -0.39 is 0 Å². The smallest absolute Gasteiger partial charge is 0.142 e. The van der Waals surface area contributed by atoms with Gasteiger partial charge in [-0.1, -0.05) is 12.1 Å². The van der Waals surface area contributed by atoms with E-state index in [2.05, 4.69) is 12.2 Å². The van der Waals surface area contributed by atoms with Crippen molar-refractivity contribution in [3.05, 3.63) is 23.8 Å². The van der Waals surface area contributed by atoms with Crippen LogP contribution in [0.2, 0.25) is 0 Å². The summed E-state index contributed by atoms with van der Waals surface area (Å²) in [6, 6.07) is 6.30. The molecule has 3 heteroatoms. The van der Waals surface area contributed by atoms with Crippen LogP contribution in [0.4, 0.5) is 5.69 Å². The van der Waals surface area contributed by atoms with Crippen molar-refractivity contribution in [1.29, 1.82) is 0 Å². The van der Waals surface area contributed by atoms with Gasteiger partial charge in [0.25, 0.3) is 0 Å². The Balaban J connectivity index is 2.86. The molecule has 0 amide bonds. The number of nitrogens with two attached hydrogens (primary N) is 1. The summed E-state index contributed by atoms with van der Waals surface area (Å²) >= 11 is 0. The summed E-state index contributed by atoms with van der Waals surface area (Å²) < 4.78 is 5.16. The van der Waals surface area contributed by atoms with Crippen molar-refractivity contribution in [2.24, 2.45) is 0 Å². The number of anilines is 1. The fourth-order valence-corrected chi connectivity index (χ4v) is 1.38. The third-order valence-electron chi connectivity index (χ3n) is 2.40. The molecule has 0 saturated carbocycles.